The first-order valence-electron chi connectivity index (χ1n) is 8.12. The van der Waals surface area contributed by atoms with Crippen LogP contribution >= 0.6 is 11.8 Å². The summed E-state index contributed by atoms with van der Waals surface area (Å²) in [5, 5.41) is 9.56. The highest BCUT2D eigenvalue weighted by molar-refractivity contribution is 7.98. The van der Waals surface area contributed by atoms with E-state index >= 15 is 0 Å². The second kappa shape index (κ2) is 9.68. The van der Waals surface area contributed by atoms with Crippen LogP contribution in [0.4, 0.5) is 4.79 Å². The molecule has 0 radical (unpaired) electrons. The molecule has 140 valence electrons. The Morgan fingerprint density at radius 3 is 2.44 bits per heavy atom. The van der Waals surface area contributed by atoms with Crippen LogP contribution in [0.5, 0.6) is 5.75 Å². The molecule has 0 aromatic heterocycles. The number of hydrogen-bond donors (Lipinski definition) is 1. The average Bonchev–Trinajstić information content (AvgIpc) is 2.52. The maximum atomic E-state index is 12.5. The molecule has 1 N–H and O–H groups in total. The molecule has 0 aliphatic rings. The van der Waals surface area contributed by atoms with Crippen LogP contribution in [-0.4, -0.2) is 35.7 Å². The molecular weight excluding hydrogens is 344 g/mol. The number of unbranched alkanes of at least 4 members (excludes halogenated alkanes) is 1. The average molecular weight is 370 g/mol. The lowest BCUT2D eigenvalue weighted by atomic mass is 10.1. The molecule has 7 heteroatoms. The summed E-state index contributed by atoms with van der Waals surface area (Å²) in [5.74, 6) is -0.614. The van der Waals surface area contributed by atoms with Gasteiger partial charge in [-0.05, 0) is 39.5 Å². The largest absolute Gasteiger partial charge is 0.514 e. The van der Waals surface area contributed by atoms with Crippen LogP contribution in [0.1, 0.15) is 56.5 Å². The first-order valence-corrected chi connectivity index (χ1v) is 9.34. The number of rotatable bonds is 7. The highest BCUT2D eigenvalue weighted by Crippen LogP contribution is 2.34. The Morgan fingerprint density at radius 1 is 1.24 bits per heavy atom. The second-order valence-electron chi connectivity index (χ2n) is 6.35. The third kappa shape index (κ3) is 6.59. The van der Waals surface area contributed by atoms with Gasteiger partial charge in [-0.1, -0.05) is 19.4 Å². The fraction of sp³-hybridized carbons (Fsp3) is 0.556. The van der Waals surface area contributed by atoms with Crippen LogP contribution < -0.4 is 4.74 Å². The van der Waals surface area contributed by atoms with E-state index in [1.54, 1.807) is 39.2 Å². The second-order valence-corrected chi connectivity index (χ2v) is 7.19. The van der Waals surface area contributed by atoms with Crippen molar-refractivity contribution in [2.24, 2.45) is 0 Å². The summed E-state index contributed by atoms with van der Waals surface area (Å²) in [7, 11) is 0. The molecule has 0 aliphatic carbocycles. The van der Waals surface area contributed by atoms with Crippen LogP contribution in [-0.2, 0) is 16.1 Å². The van der Waals surface area contributed by atoms with Gasteiger partial charge in [-0.15, -0.1) is 11.8 Å². The van der Waals surface area contributed by atoms with Crippen molar-refractivity contribution in [1.82, 2.24) is 0 Å². The van der Waals surface area contributed by atoms with E-state index in [-0.39, 0.29) is 24.5 Å². The van der Waals surface area contributed by atoms with Gasteiger partial charge in [0.15, 0.2) is 5.75 Å². The Hall–Kier alpha value is -1.73. The number of hydrogen-bond acceptors (Lipinski definition) is 7. The van der Waals surface area contributed by atoms with Crippen molar-refractivity contribution < 1.29 is 28.9 Å². The van der Waals surface area contributed by atoms with E-state index in [2.05, 4.69) is 0 Å². The van der Waals surface area contributed by atoms with Crippen molar-refractivity contribution in [3.8, 4) is 5.75 Å². The summed E-state index contributed by atoms with van der Waals surface area (Å²) in [4.78, 5) is 25.1. The summed E-state index contributed by atoms with van der Waals surface area (Å²) in [6, 6.07) is 3.29. The molecule has 0 aliphatic heterocycles. The molecule has 0 saturated carbocycles. The minimum Gasteiger partial charge on any atom is -0.462 e. The van der Waals surface area contributed by atoms with Crippen molar-refractivity contribution in [3.05, 3.63) is 23.3 Å². The Labute approximate surface area is 152 Å². The van der Waals surface area contributed by atoms with Gasteiger partial charge in [0.25, 0.3) is 0 Å². The van der Waals surface area contributed by atoms with Gasteiger partial charge in [0, 0.05) is 10.5 Å². The quantitative estimate of drug-likeness (QED) is 0.334. The molecule has 25 heavy (non-hydrogen) atoms. The van der Waals surface area contributed by atoms with E-state index in [0.29, 0.717) is 10.5 Å². The Balaban J connectivity index is 3.22. The van der Waals surface area contributed by atoms with Crippen molar-refractivity contribution >= 4 is 23.9 Å². The molecule has 0 bridgehead atoms. The molecule has 0 amide bonds. The first-order chi connectivity index (χ1) is 11.7. The van der Waals surface area contributed by atoms with Gasteiger partial charge in [-0.3, -0.25) is 0 Å². The highest BCUT2D eigenvalue weighted by Gasteiger charge is 2.26. The van der Waals surface area contributed by atoms with E-state index in [0.717, 1.165) is 12.8 Å². The Morgan fingerprint density at radius 2 is 1.92 bits per heavy atom. The molecule has 0 heterocycles. The van der Waals surface area contributed by atoms with Crippen molar-refractivity contribution in [3.63, 3.8) is 0 Å². The van der Waals surface area contributed by atoms with E-state index in [1.165, 1.54) is 11.8 Å². The number of carbonyl (C=O) groups excluding carboxylic acids is 2. The van der Waals surface area contributed by atoms with Gasteiger partial charge in [0.2, 0.25) is 0 Å². The summed E-state index contributed by atoms with van der Waals surface area (Å²) >= 11 is 1.32. The molecule has 0 fully saturated rings. The predicted molar refractivity (Wildman–Crippen MR) is 96.2 cm³/mol. The van der Waals surface area contributed by atoms with Crippen molar-refractivity contribution in [1.29, 1.82) is 0 Å². The summed E-state index contributed by atoms with van der Waals surface area (Å²) in [6.07, 6.45) is 2.49. The number of ether oxygens (including phenoxy) is 3. The SMILES string of the molecule is CCCCOC(=O)c1c(SC)ccc(CO)c1OC(=O)OC(C)(C)C. The Kier molecular flexibility index (Phi) is 8.25. The van der Waals surface area contributed by atoms with E-state index in [4.69, 9.17) is 14.2 Å². The summed E-state index contributed by atoms with van der Waals surface area (Å²) in [5.41, 5.74) is -0.304. The molecule has 0 spiro atoms. The number of aliphatic hydroxyl groups excluding tert-OH is 1. The van der Waals surface area contributed by atoms with Crippen molar-refractivity contribution in [2.75, 3.05) is 12.9 Å². The maximum absolute atomic E-state index is 12.5. The number of aliphatic hydroxyl groups is 1. The monoisotopic (exact) mass is 370 g/mol. The topological polar surface area (TPSA) is 82.1 Å². The predicted octanol–water partition coefficient (Wildman–Crippen LogP) is 4.17. The summed E-state index contributed by atoms with van der Waals surface area (Å²) < 4.78 is 15.7. The summed E-state index contributed by atoms with van der Waals surface area (Å²) in [6.45, 7) is 7.00. The zero-order valence-electron chi connectivity index (χ0n) is 15.4. The van der Waals surface area contributed by atoms with Gasteiger partial charge in [-0.25, -0.2) is 9.59 Å². The first kappa shape index (κ1) is 21.3. The molecule has 0 atom stereocenters. The van der Waals surface area contributed by atoms with E-state index in [1.807, 2.05) is 6.92 Å². The van der Waals surface area contributed by atoms with E-state index in [9.17, 15) is 14.7 Å². The smallest absolute Gasteiger partial charge is 0.462 e. The lowest BCUT2D eigenvalue weighted by molar-refractivity contribution is 0.0197. The number of carbonyl (C=O) groups is 2. The zero-order valence-corrected chi connectivity index (χ0v) is 16.2. The van der Waals surface area contributed by atoms with Crippen LogP contribution in [0.3, 0.4) is 0 Å². The molecule has 1 rings (SSSR count). The van der Waals surface area contributed by atoms with Crippen molar-refractivity contribution in [2.45, 2.75) is 57.6 Å². The molecule has 0 unspecified atom stereocenters. The molecule has 1 aromatic rings. The number of benzene rings is 1. The standard InChI is InChI=1S/C18H26O6S/c1-6-7-10-22-16(20)14-13(25-5)9-8-12(11-19)15(14)23-17(21)24-18(2,3)4/h8-9,19H,6-7,10-11H2,1-5H3. The van der Waals surface area contributed by atoms with Crippen LogP contribution in [0.15, 0.2) is 17.0 Å². The fourth-order valence-electron chi connectivity index (χ4n) is 1.95. The third-order valence-electron chi connectivity index (χ3n) is 3.10. The molecule has 6 nitrogen and oxygen atoms in total. The van der Waals surface area contributed by atoms with Crippen LogP contribution in [0.2, 0.25) is 0 Å². The molecular formula is C18H26O6S. The van der Waals surface area contributed by atoms with Crippen LogP contribution in [0.25, 0.3) is 0 Å². The third-order valence-corrected chi connectivity index (χ3v) is 3.88. The minimum absolute atomic E-state index is 0.0231. The zero-order chi connectivity index (χ0) is 19.0. The lowest BCUT2D eigenvalue weighted by Gasteiger charge is -2.21. The fourth-order valence-corrected chi connectivity index (χ4v) is 2.53. The molecule has 1 aromatic carbocycles. The van der Waals surface area contributed by atoms with Gasteiger partial charge >= 0.3 is 12.1 Å². The normalized spacial score (nSPS) is 11.1. The van der Waals surface area contributed by atoms with Crippen LogP contribution in [0, 0.1) is 0 Å². The van der Waals surface area contributed by atoms with Gasteiger partial charge in [0.1, 0.15) is 11.2 Å². The van der Waals surface area contributed by atoms with Gasteiger partial charge in [0.05, 0.1) is 13.2 Å². The number of esters is 1. The minimum atomic E-state index is -0.942. The van der Waals surface area contributed by atoms with Gasteiger partial charge in [-0.2, -0.15) is 0 Å². The Bertz CT molecular complexity index is 606. The maximum Gasteiger partial charge on any atom is 0.514 e. The number of thioether (sulfide) groups is 1. The van der Waals surface area contributed by atoms with Gasteiger partial charge < -0.3 is 19.3 Å². The lowest BCUT2D eigenvalue weighted by Crippen LogP contribution is -2.27. The highest BCUT2D eigenvalue weighted by atomic mass is 32.2. The van der Waals surface area contributed by atoms with E-state index < -0.39 is 17.7 Å². The molecule has 0 saturated heterocycles.